The number of fused-ring (bicyclic) bond motifs is 2. The van der Waals surface area contributed by atoms with E-state index in [4.69, 9.17) is 4.74 Å². The Labute approximate surface area is 207 Å². The van der Waals surface area contributed by atoms with Crippen LogP contribution in [0.15, 0.2) is 85.5 Å². The SMILES string of the molecule is C=C1CCN(c2ccc3ncnc(Nc4ccc(Oc5ccc6nccnc6c5)c(C)c4)c3c2)C1=O. The molecule has 5 aromatic rings. The van der Waals surface area contributed by atoms with Gasteiger partial charge in [-0.05, 0) is 67.4 Å². The minimum atomic E-state index is -0.0367. The van der Waals surface area contributed by atoms with Crippen LogP contribution >= 0.6 is 0 Å². The van der Waals surface area contributed by atoms with Gasteiger partial charge in [-0.15, -0.1) is 0 Å². The number of amides is 1. The van der Waals surface area contributed by atoms with Crippen LogP contribution in [0.5, 0.6) is 11.5 Å². The van der Waals surface area contributed by atoms with Crippen LogP contribution in [0, 0.1) is 6.92 Å². The first-order valence-corrected chi connectivity index (χ1v) is 11.6. The average Bonchev–Trinajstić information content (AvgIpc) is 3.23. The van der Waals surface area contributed by atoms with Crippen molar-refractivity contribution in [2.75, 3.05) is 16.8 Å². The molecule has 0 saturated carbocycles. The molecule has 176 valence electrons. The van der Waals surface area contributed by atoms with Crippen molar-refractivity contribution in [2.24, 2.45) is 0 Å². The highest BCUT2D eigenvalue weighted by Gasteiger charge is 2.25. The van der Waals surface area contributed by atoms with Crippen molar-refractivity contribution in [3.63, 3.8) is 0 Å². The van der Waals surface area contributed by atoms with Crippen molar-refractivity contribution in [3.8, 4) is 11.5 Å². The largest absolute Gasteiger partial charge is 0.457 e. The molecule has 0 radical (unpaired) electrons. The molecule has 1 N–H and O–H groups in total. The summed E-state index contributed by atoms with van der Waals surface area (Å²) in [5.74, 6) is 2.06. The molecule has 1 amide bonds. The molecule has 3 aromatic carbocycles. The average molecular weight is 475 g/mol. The maximum Gasteiger partial charge on any atom is 0.253 e. The van der Waals surface area contributed by atoms with Gasteiger partial charge >= 0.3 is 0 Å². The molecule has 8 heteroatoms. The second-order valence-corrected chi connectivity index (χ2v) is 8.65. The fourth-order valence-corrected chi connectivity index (χ4v) is 4.32. The van der Waals surface area contributed by atoms with E-state index in [1.807, 2.05) is 61.5 Å². The maximum atomic E-state index is 12.4. The van der Waals surface area contributed by atoms with E-state index in [1.54, 1.807) is 17.3 Å². The number of aromatic nitrogens is 4. The lowest BCUT2D eigenvalue weighted by Crippen LogP contribution is -2.24. The number of benzene rings is 3. The highest BCUT2D eigenvalue weighted by molar-refractivity contribution is 6.08. The Morgan fingerprint density at radius 1 is 0.917 bits per heavy atom. The van der Waals surface area contributed by atoms with E-state index in [9.17, 15) is 4.79 Å². The third kappa shape index (κ3) is 3.98. The van der Waals surface area contributed by atoms with Gasteiger partial charge in [0, 0.05) is 47.3 Å². The van der Waals surface area contributed by atoms with Crippen molar-refractivity contribution >= 4 is 45.0 Å². The summed E-state index contributed by atoms with van der Waals surface area (Å²) >= 11 is 0. The van der Waals surface area contributed by atoms with Gasteiger partial charge in [0.1, 0.15) is 23.6 Å². The summed E-state index contributed by atoms with van der Waals surface area (Å²) in [5, 5.41) is 4.22. The van der Waals surface area contributed by atoms with Gasteiger partial charge in [0.2, 0.25) is 0 Å². The first kappa shape index (κ1) is 21.7. The molecule has 0 atom stereocenters. The molecule has 0 bridgehead atoms. The summed E-state index contributed by atoms with van der Waals surface area (Å²) in [7, 11) is 0. The van der Waals surface area contributed by atoms with Crippen LogP contribution in [0.4, 0.5) is 17.2 Å². The molecule has 1 saturated heterocycles. The number of hydrogen-bond donors (Lipinski definition) is 1. The number of carbonyl (C=O) groups excluding carboxylic acids is 1. The first-order valence-electron chi connectivity index (χ1n) is 11.6. The van der Waals surface area contributed by atoms with E-state index in [2.05, 4.69) is 31.8 Å². The number of ether oxygens (including phenoxy) is 1. The fourth-order valence-electron chi connectivity index (χ4n) is 4.32. The zero-order valence-electron chi connectivity index (χ0n) is 19.6. The van der Waals surface area contributed by atoms with E-state index in [-0.39, 0.29) is 5.91 Å². The van der Waals surface area contributed by atoms with Crippen LogP contribution in [0.1, 0.15) is 12.0 Å². The van der Waals surface area contributed by atoms with Crippen molar-refractivity contribution in [2.45, 2.75) is 13.3 Å². The molecular weight excluding hydrogens is 452 g/mol. The molecule has 1 fully saturated rings. The summed E-state index contributed by atoms with van der Waals surface area (Å²) in [6, 6.07) is 17.3. The van der Waals surface area contributed by atoms with E-state index in [0.717, 1.165) is 44.6 Å². The predicted molar refractivity (Wildman–Crippen MR) is 140 cm³/mol. The van der Waals surface area contributed by atoms with Gasteiger partial charge in [0.25, 0.3) is 5.91 Å². The Morgan fingerprint density at radius 3 is 2.56 bits per heavy atom. The monoisotopic (exact) mass is 474 g/mol. The van der Waals surface area contributed by atoms with Gasteiger partial charge in [0.05, 0.1) is 16.6 Å². The predicted octanol–water partition coefficient (Wildman–Crippen LogP) is 5.71. The van der Waals surface area contributed by atoms with E-state index >= 15 is 0 Å². The minimum Gasteiger partial charge on any atom is -0.457 e. The van der Waals surface area contributed by atoms with E-state index in [1.165, 1.54) is 6.33 Å². The standard InChI is InChI=1S/C28H22N6O2/c1-17-9-12-34(28(17)35)20-4-6-23-22(14-20)27(32-16-31-23)33-19-3-8-26(18(2)13-19)36-21-5-7-24-25(15-21)30-11-10-29-24/h3-8,10-11,13-16H,1,9,12H2,2H3,(H,31,32,33). The minimum absolute atomic E-state index is 0.0367. The summed E-state index contributed by atoms with van der Waals surface area (Å²) in [6.07, 6.45) is 5.54. The summed E-state index contributed by atoms with van der Waals surface area (Å²) < 4.78 is 6.12. The second-order valence-electron chi connectivity index (χ2n) is 8.65. The Hall–Kier alpha value is -4.85. The van der Waals surface area contributed by atoms with Crippen molar-refractivity contribution in [1.82, 2.24) is 19.9 Å². The molecule has 0 spiro atoms. The van der Waals surface area contributed by atoms with Crippen LogP contribution in [0.2, 0.25) is 0 Å². The van der Waals surface area contributed by atoms with E-state index < -0.39 is 0 Å². The third-order valence-corrected chi connectivity index (χ3v) is 6.22. The van der Waals surface area contributed by atoms with Gasteiger partial charge in [0.15, 0.2) is 0 Å². The highest BCUT2D eigenvalue weighted by atomic mass is 16.5. The molecule has 6 rings (SSSR count). The quantitative estimate of drug-likeness (QED) is 0.326. The van der Waals surface area contributed by atoms with Crippen LogP contribution in [-0.2, 0) is 4.79 Å². The van der Waals surface area contributed by atoms with Crippen molar-refractivity contribution < 1.29 is 9.53 Å². The van der Waals surface area contributed by atoms with Gasteiger partial charge in [-0.3, -0.25) is 14.8 Å². The summed E-state index contributed by atoms with van der Waals surface area (Å²) in [6.45, 7) is 6.48. The van der Waals surface area contributed by atoms with Gasteiger partial charge in [-0.1, -0.05) is 6.58 Å². The third-order valence-electron chi connectivity index (χ3n) is 6.22. The topological polar surface area (TPSA) is 93.1 Å². The number of anilines is 3. The van der Waals surface area contributed by atoms with Crippen molar-refractivity contribution in [1.29, 1.82) is 0 Å². The Balaban J connectivity index is 1.27. The lowest BCUT2D eigenvalue weighted by Gasteiger charge is -2.17. The molecule has 1 aliphatic rings. The highest BCUT2D eigenvalue weighted by Crippen LogP contribution is 2.32. The normalized spacial score (nSPS) is 13.5. The van der Waals surface area contributed by atoms with Gasteiger partial charge in [-0.25, -0.2) is 9.97 Å². The molecule has 36 heavy (non-hydrogen) atoms. The lowest BCUT2D eigenvalue weighted by atomic mass is 10.1. The van der Waals surface area contributed by atoms with Gasteiger partial charge in [-0.2, -0.15) is 0 Å². The van der Waals surface area contributed by atoms with Crippen LogP contribution in [-0.4, -0.2) is 32.4 Å². The number of nitrogens with one attached hydrogen (secondary N) is 1. The number of nitrogens with zero attached hydrogens (tertiary/aromatic N) is 5. The zero-order valence-corrected chi connectivity index (χ0v) is 19.6. The molecule has 1 aliphatic heterocycles. The van der Waals surface area contributed by atoms with E-state index in [0.29, 0.717) is 30.1 Å². The van der Waals surface area contributed by atoms with Crippen LogP contribution in [0.3, 0.4) is 0 Å². The summed E-state index contributed by atoms with van der Waals surface area (Å²) in [5.41, 5.74) is 5.65. The molecular formula is C28H22N6O2. The smallest absolute Gasteiger partial charge is 0.253 e. The Morgan fingerprint density at radius 2 is 1.75 bits per heavy atom. The maximum absolute atomic E-state index is 12.4. The molecule has 3 heterocycles. The number of hydrogen-bond acceptors (Lipinski definition) is 7. The van der Waals surface area contributed by atoms with Crippen LogP contribution < -0.4 is 15.0 Å². The first-order chi connectivity index (χ1) is 17.5. The summed E-state index contributed by atoms with van der Waals surface area (Å²) in [4.78, 5) is 31.7. The molecule has 8 nitrogen and oxygen atoms in total. The number of rotatable bonds is 5. The molecule has 0 unspecified atom stereocenters. The molecule has 0 aliphatic carbocycles. The van der Waals surface area contributed by atoms with Crippen LogP contribution in [0.25, 0.3) is 21.9 Å². The second kappa shape index (κ2) is 8.74. The zero-order chi connectivity index (χ0) is 24.6. The van der Waals surface area contributed by atoms with Crippen molar-refractivity contribution in [3.05, 3.63) is 91.0 Å². The lowest BCUT2D eigenvalue weighted by molar-refractivity contribution is -0.114. The molecule has 2 aromatic heterocycles. The van der Waals surface area contributed by atoms with Gasteiger partial charge < -0.3 is 15.0 Å². The number of carbonyl (C=O) groups is 1. The Kier molecular flexibility index (Phi) is 5.26. The number of aryl methyl sites for hydroxylation is 1. The Bertz CT molecular complexity index is 1670. The fraction of sp³-hybridized carbons (Fsp3) is 0.107.